The first-order valence-electron chi connectivity index (χ1n) is 17.2. The number of carbonyl (C=O) groups excluding carboxylic acids is 3. The molecule has 2 aliphatic rings. The number of hydrogen-bond acceptors (Lipinski definition) is 10. The van der Waals surface area contributed by atoms with E-state index in [0.717, 1.165) is 48.3 Å². The van der Waals surface area contributed by atoms with E-state index in [4.69, 9.17) is 21.1 Å². The topological polar surface area (TPSA) is 175 Å². The zero-order chi connectivity index (χ0) is 37.7. The Hall–Kier alpha value is -5.44. The van der Waals surface area contributed by atoms with E-state index < -0.39 is 6.04 Å². The van der Waals surface area contributed by atoms with Gasteiger partial charge in [-0.25, -0.2) is 5.84 Å². The van der Waals surface area contributed by atoms with E-state index in [0.29, 0.717) is 19.5 Å². The van der Waals surface area contributed by atoms with Crippen molar-refractivity contribution in [1.29, 1.82) is 0 Å². The minimum Gasteiger partial charge on any atom is -0.455 e. The number of ether oxygens (including phenoxy) is 1. The van der Waals surface area contributed by atoms with Gasteiger partial charge >= 0.3 is 0 Å². The molecule has 2 aromatic heterocycles. The van der Waals surface area contributed by atoms with Gasteiger partial charge in [0.15, 0.2) is 0 Å². The summed E-state index contributed by atoms with van der Waals surface area (Å²) in [4.78, 5) is 45.5. The summed E-state index contributed by atoms with van der Waals surface area (Å²) in [6.07, 6.45) is 7.42. The predicted molar refractivity (Wildman–Crippen MR) is 209 cm³/mol. The van der Waals surface area contributed by atoms with Crippen molar-refractivity contribution >= 4 is 52.8 Å². The number of primary amides is 1. The molecular formula is C39H44N8O4S2. The molecule has 12 nitrogen and oxygen atoms in total. The van der Waals surface area contributed by atoms with Gasteiger partial charge in [-0.1, -0.05) is 62.0 Å². The van der Waals surface area contributed by atoms with Crippen LogP contribution < -0.4 is 27.4 Å². The second-order valence-electron chi connectivity index (χ2n) is 11.9. The molecule has 53 heavy (non-hydrogen) atoms. The van der Waals surface area contributed by atoms with Crippen LogP contribution in [-0.2, 0) is 27.3 Å². The summed E-state index contributed by atoms with van der Waals surface area (Å²) < 4.78 is 8.28. The van der Waals surface area contributed by atoms with Gasteiger partial charge < -0.3 is 31.4 Å². The Balaban J connectivity index is 0.00000103. The van der Waals surface area contributed by atoms with Crippen LogP contribution in [-0.4, -0.2) is 56.2 Å². The van der Waals surface area contributed by atoms with E-state index in [1.807, 2.05) is 92.8 Å². The highest BCUT2D eigenvalue weighted by Gasteiger charge is 2.40. The maximum atomic E-state index is 13.9. The highest BCUT2D eigenvalue weighted by molar-refractivity contribution is 7.99. The maximum Gasteiger partial charge on any atom is 0.243 e. The van der Waals surface area contributed by atoms with Crippen molar-refractivity contribution in [2.75, 3.05) is 13.1 Å². The van der Waals surface area contributed by atoms with Crippen LogP contribution in [0, 0.1) is 5.92 Å². The average molecular weight is 753 g/mol. The van der Waals surface area contributed by atoms with E-state index in [2.05, 4.69) is 32.1 Å². The first kappa shape index (κ1) is 38.8. The lowest BCUT2D eigenvalue weighted by Crippen LogP contribution is -2.46. The van der Waals surface area contributed by atoms with Gasteiger partial charge in [-0.05, 0) is 78.4 Å². The first-order chi connectivity index (χ1) is 25.9. The minimum atomic E-state index is -0.643. The zero-order valence-electron chi connectivity index (χ0n) is 29.6. The van der Waals surface area contributed by atoms with Crippen LogP contribution in [0.3, 0.4) is 0 Å². The molecule has 2 atom stereocenters. The Morgan fingerprint density at radius 1 is 1.02 bits per heavy atom. The molecule has 1 saturated heterocycles. The Kier molecular flexibility index (Phi) is 13.8. The van der Waals surface area contributed by atoms with E-state index in [1.165, 1.54) is 11.2 Å². The van der Waals surface area contributed by atoms with E-state index in [-0.39, 0.29) is 37.1 Å². The van der Waals surface area contributed by atoms with Gasteiger partial charge in [0, 0.05) is 48.2 Å². The van der Waals surface area contributed by atoms with Gasteiger partial charge in [-0.15, -0.1) is 0 Å². The van der Waals surface area contributed by atoms with Crippen LogP contribution in [0.1, 0.15) is 31.5 Å². The van der Waals surface area contributed by atoms with Gasteiger partial charge in [-0.3, -0.25) is 23.3 Å². The van der Waals surface area contributed by atoms with Crippen molar-refractivity contribution < 1.29 is 19.1 Å². The van der Waals surface area contributed by atoms with E-state index >= 15 is 0 Å². The molecule has 0 spiro atoms. The van der Waals surface area contributed by atoms with Gasteiger partial charge in [-0.2, -0.15) is 0 Å². The van der Waals surface area contributed by atoms with Crippen molar-refractivity contribution in [3.05, 3.63) is 121 Å². The lowest BCUT2D eigenvalue weighted by atomic mass is 10.0. The maximum absolute atomic E-state index is 13.9. The molecule has 14 heteroatoms. The van der Waals surface area contributed by atoms with Gasteiger partial charge in [0.2, 0.25) is 18.2 Å². The fourth-order valence-electron chi connectivity index (χ4n) is 6.21. The third-order valence-electron chi connectivity index (χ3n) is 8.42. The Labute approximate surface area is 317 Å². The van der Waals surface area contributed by atoms with Crippen LogP contribution in [0.5, 0.6) is 11.5 Å². The molecule has 2 aliphatic heterocycles. The number of nitrogens with two attached hydrogens (primary N) is 3. The molecule has 0 bridgehead atoms. The smallest absolute Gasteiger partial charge is 0.243 e. The van der Waals surface area contributed by atoms with Crippen LogP contribution in [0.2, 0.25) is 0 Å². The number of rotatable bonds is 10. The van der Waals surface area contributed by atoms with E-state index in [1.54, 1.807) is 41.0 Å². The summed E-state index contributed by atoms with van der Waals surface area (Å²) in [6.45, 7) is 5.15. The summed E-state index contributed by atoms with van der Waals surface area (Å²) in [5, 5.41) is 5.62. The Morgan fingerprint density at radius 3 is 2.53 bits per heavy atom. The molecule has 7 rings (SSSR count). The highest BCUT2D eigenvalue weighted by atomic mass is 32.2. The summed E-state index contributed by atoms with van der Waals surface area (Å²) in [7, 11) is 0. The molecule has 2 unspecified atom stereocenters. The van der Waals surface area contributed by atoms with Gasteiger partial charge in [0.1, 0.15) is 17.5 Å². The number of amides is 3. The number of likely N-dealkylation sites (tertiary alicyclic amines) is 1. The fraction of sp³-hybridized carbons (Fsp3) is 0.231. The number of nitrogens with one attached hydrogen (secondary N) is 1. The first-order valence-corrected chi connectivity index (χ1v) is 18.8. The van der Waals surface area contributed by atoms with Crippen molar-refractivity contribution in [3.8, 4) is 11.5 Å². The Morgan fingerprint density at radius 2 is 1.75 bits per heavy atom. The van der Waals surface area contributed by atoms with Crippen molar-refractivity contribution in [2.45, 2.75) is 54.0 Å². The molecule has 4 heterocycles. The second kappa shape index (κ2) is 18.9. The summed E-state index contributed by atoms with van der Waals surface area (Å²) in [5.74, 6) is 7.30. The molecule has 7 N–H and O–H groups in total. The van der Waals surface area contributed by atoms with Gasteiger partial charge in [0.25, 0.3) is 0 Å². The molecule has 5 aromatic rings. The van der Waals surface area contributed by atoms with Crippen molar-refractivity contribution in [3.63, 3.8) is 0 Å². The van der Waals surface area contributed by atoms with Crippen LogP contribution in [0.15, 0.2) is 124 Å². The number of benzene rings is 3. The highest BCUT2D eigenvalue weighted by Crippen LogP contribution is 2.47. The minimum absolute atomic E-state index is 0.0168. The third kappa shape index (κ3) is 9.71. The lowest BCUT2D eigenvalue weighted by Gasteiger charge is -2.25. The number of para-hydroxylation sites is 1. The van der Waals surface area contributed by atoms with Crippen LogP contribution in [0.25, 0.3) is 10.9 Å². The number of pyridine rings is 1. The normalized spacial score (nSPS) is 15.6. The van der Waals surface area contributed by atoms with Crippen LogP contribution >= 0.6 is 23.7 Å². The average Bonchev–Trinajstić information content (AvgIpc) is 3.76. The van der Waals surface area contributed by atoms with E-state index in [9.17, 15) is 9.59 Å². The van der Waals surface area contributed by atoms with Crippen molar-refractivity contribution in [1.82, 2.24) is 24.2 Å². The number of hydrazine groups is 1. The summed E-state index contributed by atoms with van der Waals surface area (Å²) >= 11 is 3.23. The SMILES string of the molecule is CC.N/C=C\N(N)CC1CC(C(=O)NCc2cc3cnccc3n2Sc2ccccc2)N(C(=O)Cc2ccc3c(c2)Oc2ccccc2S3)C1.NC=O. The summed E-state index contributed by atoms with van der Waals surface area (Å²) in [6, 6.07) is 27.2. The number of nitrogens with zero attached hydrogens (tertiary/aromatic N) is 4. The number of fused-ring (bicyclic) bond motifs is 3. The molecule has 276 valence electrons. The number of aromatic nitrogens is 2. The molecule has 0 saturated carbocycles. The molecule has 3 aromatic carbocycles. The van der Waals surface area contributed by atoms with Crippen LogP contribution in [0.4, 0.5) is 0 Å². The van der Waals surface area contributed by atoms with Crippen molar-refractivity contribution in [2.24, 2.45) is 23.2 Å². The number of carbonyl (C=O) groups is 3. The lowest BCUT2D eigenvalue weighted by molar-refractivity contribution is -0.138. The summed E-state index contributed by atoms with van der Waals surface area (Å²) in [5.41, 5.74) is 12.5. The molecule has 1 fully saturated rings. The zero-order valence-corrected chi connectivity index (χ0v) is 31.3. The molecule has 0 aliphatic carbocycles. The quantitative estimate of drug-likeness (QED) is 0.0777. The predicted octanol–water partition coefficient (Wildman–Crippen LogP) is 5.66. The number of hydrogen-bond donors (Lipinski definition) is 4. The molecule has 3 amide bonds. The fourth-order valence-corrected chi connectivity index (χ4v) is 8.13. The standard InChI is InChI=1S/C36H35N7O3S2.C2H6.CH3NO/c37-13-15-41(38)22-25-16-30(36(45)40-21-27-19-26-20-39-14-12-29(26)43(27)48-28-6-2-1-3-7-28)42(23-25)35(44)18-24-10-11-34-32(17-24)46-31-8-4-5-9-33(31)47-34;1-2;2-1-3/h1-15,17,19-20,25,30H,16,18,21-23,37-38H2,(H,40,45);1-2H3;1H,(H2,2,3)/b15-13-;;. The molecule has 0 radical (unpaired) electrons. The largest absolute Gasteiger partial charge is 0.455 e. The second-order valence-corrected chi connectivity index (χ2v) is 14.0. The monoisotopic (exact) mass is 752 g/mol. The molecular weight excluding hydrogens is 709 g/mol. The Bertz CT molecular complexity index is 2040. The van der Waals surface area contributed by atoms with Gasteiger partial charge in [0.05, 0.1) is 34.0 Å². The third-order valence-corrected chi connectivity index (χ3v) is 10.6.